The summed E-state index contributed by atoms with van der Waals surface area (Å²) in [7, 11) is 0. The van der Waals surface area contributed by atoms with Crippen molar-refractivity contribution in [2.75, 3.05) is 5.73 Å². The molecule has 1 aromatic carbocycles. The minimum Gasteiger partial charge on any atom is -0.489 e. The molecule has 0 saturated heterocycles. The summed E-state index contributed by atoms with van der Waals surface area (Å²) in [6, 6.07) is 6.00. The molecule has 0 aliphatic heterocycles. The lowest BCUT2D eigenvalue weighted by Crippen LogP contribution is -2.06. The number of aryl methyl sites for hydroxylation is 1. The maximum absolute atomic E-state index is 6.03. The maximum Gasteiger partial charge on any atom is 0.201 e. The summed E-state index contributed by atoms with van der Waals surface area (Å²) in [6.07, 6.45) is 3.67. The molecule has 0 unspecified atom stereocenters. The fourth-order valence-corrected chi connectivity index (χ4v) is 2.24. The molecule has 0 aliphatic rings. The number of nitrogens with two attached hydrogens (primary N) is 1. The van der Waals surface area contributed by atoms with Crippen molar-refractivity contribution in [2.24, 2.45) is 0 Å². The number of rotatable bonds is 6. The summed E-state index contributed by atoms with van der Waals surface area (Å²) in [4.78, 5) is 4.46. The average molecular weight is 261 g/mol. The molecule has 1 aromatic heterocycles. The lowest BCUT2D eigenvalue weighted by molar-refractivity contribution is 0.245. The second kappa shape index (κ2) is 5.95. The summed E-state index contributed by atoms with van der Waals surface area (Å²) < 4.78 is 7.87. The lowest BCUT2D eigenvalue weighted by atomic mass is 10.2. The van der Waals surface area contributed by atoms with Gasteiger partial charge >= 0.3 is 0 Å². The smallest absolute Gasteiger partial charge is 0.201 e. The molecular formula is C15H23N3O. The van der Waals surface area contributed by atoms with Crippen LogP contribution in [-0.2, 0) is 6.54 Å². The predicted octanol–water partition coefficient (Wildman–Crippen LogP) is 3.60. The van der Waals surface area contributed by atoms with Gasteiger partial charge in [0.1, 0.15) is 11.3 Å². The number of para-hydroxylation sites is 1. The number of hydrogen-bond acceptors (Lipinski definition) is 3. The zero-order chi connectivity index (χ0) is 13.8. The fraction of sp³-hybridized carbons (Fsp3) is 0.533. The number of nitrogens with zero attached hydrogens (tertiary/aromatic N) is 2. The Morgan fingerprint density at radius 3 is 2.79 bits per heavy atom. The van der Waals surface area contributed by atoms with E-state index in [1.807, 2.05) is 26.0 Å². The number of hydrogen-bond donors (Lipinski definition) is 1. The lowest BCUT2D eigenvalue weighted by Gasteiger charge is -2.10. The summed E-state index contributed by atoms with van der Waals surface area (Å²) >= 11 is 0. The van der Waals surface area contributed by atoms with E-state index in [4.69, 9.17) is 10.5 Å². The van der Waals surface area contributed by atoms with Gasteiger partial charge in [-0.05, 0) is 32.4 Å². The van der Waals surface area contributed by atoms with Crippen LogP contribution in [0.25, 0.3) is 11.0 Å². The van der Waals surface area contributed by atoms with Gasteiger partial charge in [-0.15, -0.1) is 0 Å². The van der Waals surface area contributed by atoms with E-state index in [9.17, 15) is 0 Å². The maximum atomic E-state index is 6.03. The number of imidazole rings is 1. The Morgan fingerprint density at radius 1 is 1.32 bits per heavy atom. The first-order valence-corrected chi connectivity index (χ1v) is 7.04. The minimum absolute atomic E-state index is 0.136. The Balaban J connectivity index is 2.35. The molecule has 2 aromatic rings. The third-order valence-corrected chi connectivity index (χ3v) is 3.12. The molecule has 0 aliphatic carbocycles. The Bertz CT molecular complexity index is 546. The van der Waals surface area contributed by atoms with Crippen LogP contribution in [0.1, 0.15) is 40.0 Å². The zero-order valence-electron chi connectivity index (χ0n) is 12.0. The highest BCUT2D eigenvalue weighted by atomic mass is 16.5. The highest BCUT2D eigenvalue weighted by Crippen LogP contribution is 2.28. The van der Waals surface area contributed by atoms with Gasteiger partial charge < -0.3 is 15.0 Å². The van der Waals surface area contributed by atoms with Crippen LogP contribution in [-0.4, -0.2) is 15.7 Å². The molecule has 0 spiro atoms. The first-order chi connectivity index (χ1) is 9.13. The molecule has 1 heterocycles. The standard InChI is InChI=1S/C15H23N3O/c1-4-5-6-10-18-12-8-7-9-13(19-11(2)3)14(12)17-15(18)16/h7-9,11H,4-6,10H2,1-3H3,(H2,16,17). The quantitative estimate of drug-likeness (QED) is 0.808. The SMILES string of the molecule is CCCCCn1c(N)nc2c(OC(C)C)cccc21. The zero-order valence-corrected chi connectivity index (χ0v) is 12.0. The third kappa shape index (κ3) is 3.00. The van der Waals surface area contributed by atoms with Crippen molar-refractivity contribution in [3.63, 3.8) is 0 Å². The molecule has 104 valence electrons. The number of nitrogen functional groups attached to an aromatic ring is 1. The van der Waals surface area contributed by atoms with Crippen molar-refractivity contribution in [3.8, 4) is 5.75 Å². The molecule has 2 rings (SSSR count). The van der Waals surface area contributed by atoms with Crippen molar-refractivity contribution >= 4 is 17.0 Å². The number of unbranched alkanes of at least 4 members (excludes halogenated alkanes) is 2. The molecule has 0 bridgehead atoms. The minimum atomic E-state index is 0.136. The first-order valence-electron chi connectivity index (χ1n) is 7.04. The fourth-order valence-electron chi connectivity index (χ4n) is 2.24. The van der Waals surface area contributed by atoms with E-state index >= 15 is 0 Å². The van der Waals surface area contributed by atoms with E-state index in [-0.39, 0.29) is 6.10 Å². The van der Waals surface area contributed by atoms with Crippen LogP contribution in [0.4, 0.5) is 5.95 Å². The van der Waals surface area contributed by atoms with Crippen molar-refractivity contribution in [1.29, 1.82) is 0 Å². The molecular weight excluding hydrogens is 238 g/mol. The topological polar surface area (TPSA) is 53.1 Å². The van der Waals surface area contributed by atoms with Crippen LogP contribution in [0, 0.1) is 0 Å². The van der Waals surface area contributed by atoms with Gasteiger partial charge in [-0.25, -0.2) is 4.98 Å². The van der Waals surface area contributed by atoms with E-state index in [1.54, 1.807) is 0 Å². The number of aromatic nitrogens is 2. The molecule has 0 atom stereocenters. The number of fused-ring (bicyclic) bond motifs is 1. The largest absolute Gasteiger partial charge is 0.489 e. The van der Waals surface area contributed by atoms with Gasteiger partial charge in [-0.3, -0.25) is 0 Å². The van der Waals surface area contributed by atoms with Crippen LogP contribution in [0.5, 0.6) is 5.75 Å². The second-order valence-electron chi connectivity index (χ2n) is 5.12. The molecule has 0 saturated carbocycles. The Hall–Kier alpha value is -1.71. The molecule has 0 amide bonds. The van der Waals surface area contributed by atoms with Crippen LogP contribution in [0.15, 0.2) is 18.2 Å². The molecule has 4 nitrogen and oxygen atoms in total. The molecule has 19 heavy (non-hydrogen) atoms. The van der Waals surface area contributed by atoms with E-state index < -0.39 is 0 Å². The Labute approximate surface area is 114 Å². The number of benzene rings is 1. The molecule has 0 radical (unpaired) electrons. The molecule has 2 N–H and O–H groups in total. The van der Waals surface area contributed by atoms with Crippen LogP contribution >= 0.6 is 0 Å². The first kappa shape index (κ1) is 13.7. The van der Waals surface area contributed by atoms with Gasteiger partial charge in [0.15, 0.2) is 0 Å². The monoisotopic (exact) mass is 261 g/mol. The summed E-state index contributed by atoms with van der Waals surface area (Å²) in [5.41, 5.74) is 7.96. The van der Waals surface area contributed by atoms with Gasteiger partial charge in [0.25, 0.3) is 0 Å². The van der Waals surface area contributed by atoms with Crippen molar-refractivity contribution < 1.29 is 4.74 Å². The number of anilines is 1. The van der Waals surface area contributed by atoms with Gasteiger partial charge in [0, 0.05) is 6.54 Å². The van der Waals surface area contributed by atoms with Gasteiger partial charge in [0.2, 0.25) is 5.95 Å². The van der Waals surface area contributed by atoms with Crippen molar-refractivity contribution in [1.82, 2.24) is 9.55 Å². The van der Waals surface area contributed by atoms with E-state index in [1.165, 1.54) is 12.8 Å². The van der Waals surface area contributed by atoms with E-state index in [2.05, 4.69) is 22.5 Å². The summed E-state index contributed by atoms with van der Waals surface area (Å²) in [5.74, 6) is 1.39. The van der Waals surface area contributed by atoms with E-state index in [0.717, 1.165) is 29.7 Å². The van der Waals surface area contributed by atoms with Crippen LogP contribution in [0.2, 0.25) is 0 Å². The second-order valence-corrected chi connectivity index (χ2v) is 5.12. The van der Waals surface area contributed by atoms with Crippen molar-refractivity contribution in [2.45, 2.75) is 52.7 Å². The van der Waals surface area contributed by atoms with Gasteiger partial charge in [-0.2, -0.15) is 0 Å². The highest BCUT2D eigenvalue weighted by molar-refractivity contribution is 5.84. The Kier molecular flexibility index (Phi) is 4.30. The molecule has 0 fully saturated rings. The van der Waals surface area contributed by atoms with E-state index in [0.29, 0.717) is 5.95 Å². The van der Waals surface area contributed by atoms with Crippen molar-refractivity contribution in [3.05, 3.63) is 18.2 Å². The Morgan fingerprint density at radius 2 is 2.11 bits per heavy atom. The van der Waals surface area contributed by atoms with Gasteiger partial charge in [0.05, 0.1) is 11.6 Å². The predicted molar refractivity (Wildman–Crippen MR) is 79.4 cm³/mol. The summed E-state index contributed by atoms with van der Waals surface area (Å²) in [5, 5.41) is 0. The highest BCUT2D eigenvalue weighted by Gasteiger charge is 2.12. The normalized spacial score (nSPS) is 11.4. The van der Waals surface area contributed by atoms with Gasteiger partial charge in [-0.1, -0.05) is 25.8 Å². The number of ether oxygens (including phenoxy) is 1. The third-order valence-electron chi connectivity index (χ3n) is 3.12. The average Bonchev–Trinajstić information content (AvgIpc) is 2.67. The molecule has 4 heteroatoms. The van der Waals surface area contributed by atoms with Crippen LogP contribution in [0.3, 0.4) is 0 Å². The summed E-state index contributed by atoms with van der Waals surface area (Å²) in [6.45, 7) is 7.14. The van der Waals surface area contributed by atoms with Crippen LogP contribution < -0.4 is 10.5 Å².